The number of halogens is 1. The Bertz CT molecular complexity index is 1140. The molecule has 0 aromatic heterocycles. The van der Waals surface area contributed by atoms with Crippen LogP contribution in [0.3, 0.4) is 0 Å². The fourth-order valence-electron chi connectivity index (χ4n) is 5.22. The first kappa shape index (κ1) is 25.8. The number of hydrogen-bond donors (Lipinski definition) is 2. The van der Waals surface area contributed by atoms with Crippen molar-refractivity contribution in [2.24, 2.45) is 4.40 Å². The second kappa shape index (κ2) is 10.8. The summed E-state index contributed by atoms with van der Waals surface area (Å²) in [5.74, 6) is -0.230. The molecule has 2 heterocycles. The highest BCUT2D eigenvalue weighted by molar-refractivity contribution is 7.91. The topological polar surface area (TPSA) is 88.0 Å². The number of nitrogens with one attached hydrogen (secondary N) is 1. The molecule has 0 bridgehead atoms. The number of sulfonamides is 1. The van der Waals surface area contributed by atoms with Crippen molar-refractivity contribution in [2.75, 3.05) is 19.7 Å². The van der Waals surface area contributed by atoms with E-state index < -0.39 is 32.6 Å². The predicted octanol–water partition coefficient (Wildman–Crippen LogP) is 4.30. The third kappa shape index (κ3) is 6.11. The molecule has 0 amide bonds. The fourth-order valence-corrected chi connectivity index (χ4v) is 6.91. The molecule has 2 atom stereocenters. The molecule has 2 aromatic carbocycles. The molecular weight excluding hydrogens is 467 g/mol. The molecule has 2 aliphatic heterocycles. The minimum atomic E-state index is -3.86. The predicted molar refractivity (Wildman–Crippen MR) is 136 cm³/mol. The Balaban J connectivity index is 1.52. The molecule has 4 rings (SSSR count). The first-order chi connectivity index (χ1) is 16.7. The Morgan fingerprint density at radius 1 is 1.14 bits per heavy atom. The number of hydrogen-bond acceptors (Lipinski definition) is 5. The highest BCUT2D eigenvalue weighted by Crippen LogP contribution is 2.35. The Hall–Kier alpha value is -2.29. The Kier molecular flexibility index (Phi) is 7.93. The monoisotopic (exact) mass is 502 g/mol. The number of aliphatic hydroxyl groups is 1. The number of rotatable bonds is 8. The van der Waals surface area contributed by atoms with Crippen molar-refractivity contribution < 1.29 is 22.7 Å². The Morgan fingerprint density at radius 2 is 1.83 bits per heavy atom. The number of nitrogens with zero attached hydrogens (tertiary/aromatic N) is 1. The van der Waals surface area contributed by atoms with Crippen LogP contribution in [0.25, 0.3) is 0 Å². The van der Waals surface area contributed by atoms with Crippen LogP contribution in [0.4, 0.5) is 4.39 Å². The molecule has 2 aliphatic rings. The van der Waals surface area contributed by atoms with Crippen LogP contribution in [0.2, 0.25) is 0 Å². The molecule has 8 heteroatoms. The number of ether oxygens (including phenoxy) is 1. The normalized spacial score (nSPS) is 22.7. The highest BCUT2D eigenvalue weighted by atomic mass is 32.2. The van der Waals surface area contributed by atoms with E-state index in [1.165, 1.54) is 11.6 Å². The Labute approximate surface area is 207 Å². The van der Waals surface area contributed by atoms with E-state index in [-0.39, 0.29) is 25.3 Å². The van der Waals surface area contributed by atoms with Gasteiger partial charge in [0.1, 0.15) is 16.7 Å². The molecule has 1 unspecified atom stereocenters. The van der Waals surface area contributed by atoms with Gasteiger partial charge in [-0.25, -0.2) is 12.8 Å². The third-order valence-electron chi connectivity index (χ3n) is 7.20. The van der Waals surface area contributed by atoms with Gasteiger partial charge in [0.15, 0.2) is 0 Å². The summed E-state index contributed by atoms with van der Waals surface area (Å²) in [6.45, 7) is 5.41. The number of piperidine rings is 1. The molecular formula is C27H35FN2O4S. The van der Waals surface area contributed by atoms with Crippen molar-refractivity contribution in [3.63, 3.8) is 0 Å². The fraction of sp³-hybridized carbons (Fsp3) is 0.519. The van der Waals surface area contributed by atoms with Gasteiger partial charge in [0.05, 0.1) is 0 Å². The van der Waals surface area contributed by atoms with E-state index in [1.54, 1.807) is 32.0 Å². The van der Waals surface area contributed by atoms with E-state index in [0.717, 1.165) is 31.5 Å². The maximum atomic E-state index is 14.4. The number of benzene rings is 2. The van der Waals surface area contributed by atoms with Crippen molar-refractivity contribution in [3.8, 4) is 0 Å². The summed E-state index contributed by atoms with van der Waals surface area (Å²) in [5.41, 5.74) is 1.62. The van der Waals surface area contributed by atoms with Crippen LogP contribution in [0.5, 0.6) is 0 Å². The molecule has 0 aliphatic carbocycles. The second-order valence-electron chi connectivity index (χ2n) is 10.1. The van der Waals surface area contributed by atoms with Crippen LogP contribution in [0.15, 0.2) is 52.9 Å². The second-order valence-corrected chi connectivity index (χ2v) is 11.9. The average molecular weight is 503 g/mol. The van der Waals surface area contributed by atoms with Gasteiger partial charge >= 0.3 is 0 Å². The van der Waals surface area contributed by atoms with E-state index >= 15 is 0 Å². The lowest BCUT2D eigenvalue weighted by Gasteiger charge is -2.38. The molecule has 0 radical (unpaired) electrons. The first-order valence-electron chi connectivity index (χ1n) is 12.4. The van der Waals surface area contributed by atoms with Crippen LogP contribution in [0.1, 0.15) is 68.1 Å². The molecule has 35 heavy (non-hydrogen) atoms. The highest BCUT2D eigenvalue weighted by Gasteiger charge is 2.46. The molecule has 6 nitrogen and oxygen atoms in total. The minimum absolute atomic E-state index is 0.0641. The van der Waals surface area contributed by atoms with Crippen molar-refractivity contribution >= 4 is 15.9 Å². The lowest BCUT2D eigenvalue weighted by molar-refractivity contribution is 0.0797. The maximum absolute atomic E-state index is 14.4. The lowest BCUT2D eigenvalue weighted by Crippen LogP contribution is -2.50. The van der Waals surface area contributed by atoms with E-state index in [4.69, 9.17) is 4.74 Å². The smallest absolute Gasteiger partial charge is 0.263 e. The van der Waals surface area contributed by atoms with Gasteiger partial charge in [-0.3, -0.25) is 0 Å². The molecule has 1 fully saturated rings. The molecule has 0 spiro atoms. The zero-order chi connectivity index (χ0) is 25.1. The third-order valence-corrected chi connectivity index (χ3v) is 9.11. The SMILES string of the molecule is CC1(C)OC(C[C@@H](CCO)c2ccccc2F)=NS(=O)(=O)C1Cc1ccc(C2CCNCC2)cc1. The van der Waals surface area contributed by atoms with E-state index in [9.17, 15) is 17.9 Å². The van der Waals surface area contributed by atoms with Crippen LogP contribution in [-0.2, 0) is 21.2 Å². The van der Waals surface area contributed by atoms with Crippen LogP contribution in [0, 0.1) is 5.82 Å². The van der Waals surface area contributed by atoms with Gasteiger partial charge in [-0.15, -0.1) is 4.40 Å². The average Bonchev–Trinajstić information content (AvgIpc) is 2.82. The van der Waals surface area contributed by atoms with Crippen LogP contribution >= 0.6 is 0 Å². The molecule has 2 aromatic rings. The van der Waals surface area contributed by atoms with Gasteiger partial charge in [-0.1, -0.05) is 42.5 Å². The van der Waals surface area contributed by atoms with Gasteiger partial charge in [0.2, 0.25) is 5.90 Å². The van der Waals surface area contributed by atoms with Gasteiger partial charge in [0.25, 0.3) is 10.0 Å². The standard InChI is InChI=1S/C27H35FN2O4S/c1-27(2)25(17-19-7-9-20(10-8-19)21-11-14-29-15-12-21)35(32,33)30-26(34-27)18-22(13-16-31)23-5-3-4-6-24(23)28/h3-10,21-22,25,29,31H,11-18H2,1-2H3/t22-,25?/m1/s1. The maximum Gasteiger partial charge on any atom is 0.263 e. The van der Waals surface area contributed by atoms with Gasteiger partial charge in [0, 0.05) is 13.0 Å². The summed E-state index contributed by atoms with van der Waals surface area (Å²) in [6.07, 6.45) is 2.89. The Morgan fingerprint density at radius 3 is 2.46 bits per heavy atom. The quantitative estimate of drug-likeness (QED) is 0.562. The van der Waals surface area contributed by atoms with Gasteiger partial charge in [-0.2, -0.15) is 0 Å². The largest absolute Gasteiger partial charge is 0.473 e. The first-order valence-corrected chi connectivity index (χ1v) is 13.9. The summed E-state index contributed by atoms with van der Waals surface area (Å²) < 4.78 is 51.1. The molecule has 2 N–H and O–H groups in total. The zero-order valence-electron chi connectivity index (χ0n) is 20.4. The van der Waals surface area contributed by atoms with Crippen molar-refractivity contribution in [1.29, 1.82) is 0 Å². The van der Waals surface area contributed by atoms with E-state index in [2.05, 4.69) is 21.8 Å². The molecule has 190 valence electrons. The molecule has 1 saturated heterocycles. The van der Waals surface area contributed by atoms with Crippen LogP contribution < -0.4 is 5.32 Å². The zero-order valence-corrected chi connectivity index (χ0v) is 21.2. The summed E-state index contributed by atoms with van der Waals surface area (Å²) in [4.78, 5) is 0. The van der Waals surface area contributed by atoms with Crippen LogP contribution in [-0.4, -0.2) is 50.0 Å². The van der Waals surface area contributed by atoms with Crippen molar-refractivity contribution in [3.05, 3.63) is 71.0 Å². The van der Waals surface area contributed by atoms with Crippen molar-refractivity contribution in [2.45, 2.75) is 68.6 Å². The lowest BCUT2D eigenvalue weighted by atomic mass is 9.89. The molecule has 0 saturated carbocycles. The summed E-state index contributed by atoms with van der Waals surface area (Å²) in [7, 11) is -3.86. The number of aliphatic hydroxyl groups excluding tert-OH is 1. The van der Waals surface area contributed by atoms with E-state index in [0.29, 0.717) is 17.9 Å². The minimum Gasteiger partial charge on any atom is -0.473 e. The van der Waals surface area contributed by atoms with Gasteiger partial charge in [-0.05, 0) is 87.2 Å². The summed E-state index contributed by atoms with van der Waals surface area (Å²) >= 11 is 0. The van der Waals surface area contributed by atoms with Gasteiger partial charge < -0.3 is 15.2 Å². The summed E-state index contributed by atoms with van der Waals surface area (Å²) in [5, 5.41) is 12.0. The summed E-state index contributed by atoms with van der Waals surface area (Å²) in [6, 6.07) is 14.6. The van der Waals surface area contributed by atoms with Crippen molar-refractivity contribution in [1.82, 2.24) is 5.32 Å². The van der Waals surface area contributed by atoms with E-state index in [1.807, 2.05) is 12.1 Å².